The van der Waals surface area contributed by atoms with Crippen LogP contribution in [0.5, 0.6) is 17.2 Å². The molecule has 0 amide bonds. The predicted octanol–water partition coefficient (Wildman–Crippen LogP) is 5.03. The van der Waals surface area contributed by atoms with Gasteiger partial charge in [0.15, 0.2) is 11.8 Å². The van der Waals surface area contributed by atoms with Crippen molar-refractivity contribution in [2.45, 2.75) is 26.5 Å². The van der Waals surface area contributed by atoms with Gasteiger partial charge in [-0.25, -0.2) is 9.18 Å². The molecule has 2 atom stereocenters. The van der Waals surface area contributed by atoms with Gasteiger partial charge in [0.2, 0.25) is 5.75 Å². The fourth-order valence-corrected chi connectivity index (χ4v) is 3.71. The van der Waals surface area contributed by atoms with Crippen LogP contribution in [0.15, 0.2) is 62.9 Å². The average Bonchev–Trinajstić information content (AvgIpc) is 2.82. The molecule has 3 aromatic rings. The summed E-state index contributed by atoms with van der Waals surface area (Å²) >= 11 is 3.09. The Morgan fingerprint density at radius 1 is 1.31 bits per heavy atom. The van der Waals surface area contributed by atoms with Crippen LogP contribution in [0, 0.1) is 12.7 Å². The summed E-state index contributed by atoms with van der Waals surface area (Å²) in [4.78, 5) is 31.4. The molecule has 0 aliphatic heterocycles. The van der Waals surface area contributed by atoms with Gasteiger partial charge < -0.3 is 19.8 Å². The molecule has 1 heterocycles. The number of benzene rings is 2. The smallest absolute Gasteiger partial charge is 0.395 e. The highest BCUT2D eigenvalue weighted by atomic mass is 79.9. The van der Waals surface area contributed by atoms with Gasteiger partial charge in [0.1, 0.15) is 18.2 Å². The molecule has 12 heteroatoms. The van der Waals surface area contributed by atoms with E-state index >= 15 is 0 Å². The van der Waals surface area contributed by atoms with Crippen molar-refractivity contribution >= 4 is 42.0 Å². The highest BCUT2D eigenvalue weighted by molar-refractivity contribution is 9.10. The summed E-state index contributed by atoms with van der Waals surface area (Å²) in [6, 6.07) is 9.53. The molecule has 9 nitrogen and oxygen atoms in total. The molecular weight excluding hydrogens is 544 g/mol. The van der Waals surface area contributed by atoms with E-state index in [1.54, 1.807) is 31.2 Å². The van der Waals surface area contributed by atoms with Crippen molar-refractivity contribution in [2.24, 2.45) is 9.74 Å². The Balaban J connectivity index is 1.83. The summed E-state index contributed by atoms with van der Waals surface area (Å²) in [6.07, 6.45) is 2.89. The minimum absolute atomic E-state index is 0.0727. The molecule has 2 unspecified atom stereocenters. The van der Waals surface area contributed by atoms with Crippen LogP contribution < -0.4 is 14.2 Å². The van der Waals surface area contributed by atoms with Crippen molar-refractivity contribution in [3.63, 3.8) is 0 Å². The van der Waals surface area contributed by atoms with Crippen LogP contribution in [-0.4, -0.2) is 33.4 Å². The van der Waals surface area contributed by atoms with E-state index in [0.29, 0.717) is 27.0 Å². The summed E-state index contributed by atoms with van der Waals surface area (Å²) in [6.45, 7) is 2.83. The van der Waals surface area contributed by atoms with Crippen molar-refractivity contribution in [3.05, 3.63) is 75.8 Å². The lowest BCUT2D eigenvalue weighted by molar-refractivity contribution is -0.169. The number of aliphatic carboxylic acids is 1. The zero-order chi connectivity index (χ0) is 25.5. The molecule has 2 aromatic carbocycles. The minimum atomic E-state index is -2.66. The summed E-state index contributed by atoms with van der Waals surface area (Å²) in [5.41, 5.74) is 1.51. The average molecular weight is 564 g/mol. The maximum atomic E-state index is 13.8. The number of aryl methyl sites for hydroxylation is 1. The first-order valence-electron chi connectivity index (χ1n) is 10.1. The van der Waals surface area contributed by atoms with Crippen LogP contribution in [0.3, 0.4) is 0 Å². The summed E-state index contributed by atoms with van der Waals surface area (Å²) in [7, 11) is -2.66. The Kier molecular flexibility index (Phi) is 8.86. The van der Waals surface area contributed by atoms with Crippen molar-refractivity contribution < 1.29 is 33.6 Å². The maximum absolute atomic E-state index is 13.8. The monoisotopic (exact) mass is 563 g/mol. The van der Waals surface area contributed by atoms with Crippen LogP contribution in [0.4, 0.5) is 10.1 Å². The fourth-order valence-electron chi connectivity index (χ4n) is 2.71. The zero-order valence-corrected chi connectivity index (χ0v) is 21.0. The third-order valence-corrected chi connectivity index (χ3v) is 6.17. The number of hydrogen-bond acceptors (Lipinski definition) is 8. The Hall–Kier alpha value is -3.40. The van der Waals surface area contributed by atoms with Crippen LogP contribution in [0.2, 0.25) is 0 Å². The van der Waals surface area contributed by atoms with Gasteiger partial charge in [0, 0.05) is 29.6 Å². The van der Waals surface area contributed by atoms with Gasteiger partial charge in [-0.1, -0.05) is 16.9 Å². The van der Waals surface area contributed by atoms with Crippen LogP contribution >= 0.6 is 24.1 Å². The van der Waals surface area contributed by atoms with E-state index in [1.165, 1.54) is 37.5 Å². The van der Waals surface area contributed by atoms with E-state index in [4.69, 9.17) is 14.4 Å². The summed E-state index contributed by atoms with van der Waals surface area (Å²) in [5, 5.41) is 19.5. The molecule has 0 saturated carbocycles. The normalized spacial score (nSPS) is 12.5. The van der Waals surface area contributed by atoms with E-state index in [9.17, 15) is 19.2 Å². The van der Waals surface area contributed by atoms with Gasteiger partial charge in [-0.3, -0.25) is 14.5 Å². The first-order valence-corrected chi connectivity index (χ1v) is 12.0. The number of carbonyl (C=O) groups is 1. The second-order valence-corrected chi connectivity index (χ2v) is 8.93. The van der Waals surface area contributed by atoms with Gasteiger partial charge >= 0.3 is 14.1 Å². The standard InChI is InChI=1S/C23H20BrFN3O6P/c1-13-22(29)17(11-27-16-7-8-18(24)19(25)9-16)15(10-26-13)12-33-20-5-3-4-6-21(20)34-35(32)28-14(2)23(30)31/h3-11,14,29H,12H2,1-2H3,(H,30,31)/b27-11+. The molecule has 0 fully saturated rings. The van der Waals surface area contributed by atoms with Crippen molar-refractivity contribution in [2.75, 3.05) is 0 Å². The van der Waals surface area contributed by atoms with Gasteiger partial charge in [-0.15, -0.1) is 0 Å². The topological polar surface area (TPSA) is 137 Å². The summed E-state index contributed by atoms with van der Waals surface area (Å²) < 4.78 is 28.8. The Morgan fingerprint density at radius 2 is 2.03 bits per heavy atom. The second-order valence-electron chi connectivity index (χ2n) is 7.18. The number of ether oxygens (including phenoxy) is 1. The molecule has 3 rings (SSSR count). The molecule has 0 radical (unpaired) electrons. The first-order chi connectivity index (χ1) is 16.7. The van der Waals surface area contributed by atoms with Gasteiger partial charge in [-0.2, -0.15) is 0 Å². The van der Waals surface area contributed by atoms with Gasteiger partial charge in [-0.05, 0) is 54.0 Å². The second kappa shape index (κ2) is 11.8. The molecule has 2 N–H and O–H groups in total. The minimum Gasteiger partial charge on any atom is -0.575 e. The van der Waals surface area contributed by atoms with Crippen LogP contribution in [0.1, 0.15) is 23.7 Å². The number of hydrogen-bond donors (Lipinski definition) is 2. The highest BCUT2D eigenvalue weighted by Crippen LogP contribution is 2.34. The van der Waals surface area contributed by atoms with E-state index in [1.807, 2.05) is 0 Å². The number of aliphatic imine (C=N–C) groups is 1. The lowest BCUT2D eigenvalue weighted by Crippen LogP contribution is -2.13. The number of nitrogens with zero attached hydrogens (tertiary/aromatic N) is 3. The number of para-hydroxylation sites is 2. The summed E-state index contributed by atoms with van der Waals surface area (Å²) in [5.74, 6) is -1.50. The highest BCUT2D eigenvalue weighted by Gasteiger charge is 2.18. The number of aromatic hydroxyl groups is 1. The molecule has 35 heavy (non-hydrogen) atoms. The van der Waals surface area contributed by atoms with Crippen LogP contribution in [0.25, 0.3) is 0 Å². The molecule has 182 valence electrons. The number of carboxylic acid groups (broad SMARTS) is 1. The van der Waals surface area contributed by atoms with E-state index in [-0.39, 0.29) is 23.9 Å². The molecule has 0 aliphatic rings. The van der Waals surface area contributed by atoms with E-state index in [2.05, 4.69) is 30.7 Å². The number of pyridine rings is 1. The number of carboxylic acids is 1. The Labute approximate surface area is 209 Å². The largest absolute Gasteiger partial charge is 0.575 e. The lowest BCUT2D eigenvalue weighted by atomic mass is 10.1. The first kappa shape index (κ1) is 26.2. The molecular formula is C23H20BrFN3O6P. The molecule has 1 aromatic heterocycles. The van der Waals surface area contributed by atoms with Crippen molar-refractivity contribution in [1.82, 2.24) is 4.98 Å². The quantitative estimate of drug-likeness (QED) is 0.275. The Morgan fingerprint density at radius 3 is 2.71 bits per heavy atom. The maximum Gasteiger partial charge on any atom is 0.395 e. The Bertz CT molecular complexity index is 1300. The van der Waals surface area contributed by atoms with Gasteiger partial charge in [0.25, 0.3) is 0 Å². The van der Waals surface area contributed by atoms with Crippen molar-refractivity contribution in [1.29, 1.82) is 0 Å². The SMILES string of the molecule is Cc1ncc(COc2ccccc2O/[P+]([O-])=N/C(C)C(=O)O)c(/C=N/c2ccc(Br)c(F)c2)c1O. The van der Waals surface area contributed by atoms with Crippen LogP contribution in [-0.2, 0) is 11.4 Å². The lowest BCUT2D eigenvalue weighted by Gasteiger charge is -2.12. The van der Waals surface area contributed by atoms with Gasteiger partial charge in [0.05, 0.1) is 15.9 Å². The number of halogens is 2. The number of aromatic nitrogens is 1. The zero-order valence-electron chi connectivity index (χ0n) is 18.6. The molecule has 0 bridgehead atoms. The predicted molar refractivity (Wildman–Crippen MR) is 130 cm³/mol. The number of rotatable bonds is 9. The third kappa shape index (κ3) is 7.05. The molecule has 0 saturated heterocycles. The van der Waals surface area contributed by atoms with E-state index < -0.39 is 26.0 Å². The van der Waals surface area contributed by atoms with Crippen molar-refractivity contribution in [3.8, 4) is 17.2 Å². The van der Waals surface area contributed by atoms with E-state index in [0.717, 1.165) is 0 Å². The third-order valence-electron chi connectivity index (χ3n) is 4.64. The molecule has 0 aliphatic carbocycles. The fraction of sp³-hybridized carbons (Fsp3) is 0.174. The molecule has 0 spiro atoms.